The number of benzene rings is 1. The van der Waals surface area contributed by atoms with Gasteiger partial charge < -0.3 is 9.47 Å². The fourth-order valence-corrected chi connectivity index (χ4v) is 2.20. The second-order valence-electron chi connectivity index (χ2n) is 4.85. The van der Waals surface area contributed by atoms with Crippen LogP contribution < -0.4 is 0 Å². The normalized spacial score (nSPS) is 32.2. The van der Waals surface area contributed by atoms with Crippen molar-refractivity contribution >= 4 is 0 Å². The highest BCUT2D eigenvalue weighted by molar-refractivity contribution is 5.28. The molecule has 2 fully saturated rings. The lowest BCUT2D eigenvalue weighted by Gasteiger charge is -2.14. The molecule has 0 spiro atoms. The first-order valence-corrected chi connectivity index (χ1v) is 6.61. The smallest absolute Gasteiger partial charge is 0.288 e. The molecular weight excluding hydrogens is 278 g/mol. The molecule has 2 heterocycles. The van der Waals surface area contributed by atoms with Gasteiger partial charge in [-0.1, -0.05) is 24.3 Å². The van der Waals surface area contributed by atoms with Gasteiger partial charge >= 0.3 is 0 Å². The topological polar surface area (TPSA) is 79.2 Å². The summed E-state index contributed by atoms with van der Waals surface area (Å²) in [4.78, 5) is 19.7. The van der Waals surface area contributed by atoms with Crippen LogP contribution in [0.3, 0.4) is 0 Å². The van der Waals surface area contributed by atoms with Gasteiger partial charge in [-0.2, -0.15) is 15.0 Å². The Bertz CT molecular complexity index is 539. The monoisotopic (exact) mass is 293 g/mol. The molecule has 2 saturated heterocycles. The van der Waals surface area contributed by atoms with Crippen LogP contribution in [0.2, 0.25) is 0 Å². The number of ether oxygens (including phenoxy) is 2. The number of aryl methyl sites for hydroxylation is 1. The van der Waals surface area contributed by atoms with Gasteiger partial charge in [0.1, 0.15) is 6.07 Å². The molecule has 0 aliphatic carbocycles. The molecule has 21 heavy (non-hydrogen) atoms. The minimum absolute atomic E-state index is 0.113. The fraction of sp³-hybridized carbons (Fsp3) is 0.500. The lowest BCUT2D eigenvalue weighted by Crippen LogP contribution is -2.24. The molecule has 0 aromatic heterocycles. The van der Waals surface area contributed by atoms with Gasteiger partial charge in [0.05, 0.1) is 0 Å². The van der Waals surface area contributed by atoms with E-state index >= 15 is 0 Å². The molecule has 2 aliphatic heterocycles. The van der Waals surface area contributed by atoms with E-state index in [-0.39, 0.29) is 6.79 Å². The fourth-order valence-electron chi connectivity index (χ4n) is 2.20. The summed E-state index contributed by atoms with van der Waals surface area (Å²) in [5, 5.41) is 8.89. The molecule has 0 N–H and O–H groups in total. The Balaban J connectivity index is 1.62. The second kappa shape index (κ2) is 6.07. The summed E-state index contributed by atoms with van der Waals surface area (Å²) in [6, 6.07) is 9.62. The van der Waals surface area contributed by atoms with Crippen LogP contribution in [0.25, 0.3) is 0 Å². The maximum absolute atomic E-state index is 8.89. The molecule has 112 valence electrons. The van der Waals surface area contributed by atoms with Crippen molar-refractivity contribution in [3.63, 3.8) is 0 Å². The molecule has 7 heteroatoms. The van der Waals surface area contributed by atoms with Crippen LogP contribution in [0.5, 0.6) is 0 Å². The van der Waals surface area contributed by atoms with Gasteiger partial charge in [-0.25, -0.2) is 9.78 Å². The number of hydrogen-bond acceptors (Lipinski definition) is 7. The molecular formula is C14H15NO6. The van der Waals surface area contributed by atoms with E-state index in [2.05, 4.69) is 0 Å². The summed E-state index contributed by atoms with van der Waals surface area (Å²) in [5.74, 6) is -1.34. The van der Waals surface area contributed by atoms with Gasteiger partial charge in [0, 0.05) is 18.9 Å². The summed E-state index contributed by atoms with van der Waals surface area (Å²) >= 11 is 0. The minimum atomic E-state index is -1.34. The highest BCUT2D eigenvalue weighted by atomic mass is 17.3. The number of hydrogen-bond donors (Lipinski definition) is 0. The first-order chi connectivity index (χ1) is 10.2. The van der Waals surface area contributed by atoms with Crippen molar-refractivity contribution in [3.8, 4) is 6.07 Å². The second-order valence-corrected chi connectivity index (χ2v) is 4.85. The third kappa shape index (κ3) is 3.22. The summed E-state index contributed by atoms with van der Waals surface area (Å²) in [7, 11) is 0. The molecule has 1 aromatic rings. The third-order valence-electron chi connectivity index (χ3n) is 3.26. The average molecular weight is 293 g/mol. The quantitative estimate of drug-likeness (QED) is 0.786. The maximum atomic E-state index is 8.89. The lowest BCUT2D eigenvalue weighted by molar-refractivity contribution is -0.311. The molecule has 0 saturated carbocycles. The Kier molecular flexibility index (Phi) is 4.17. The molecule has 7 nitrogen and oxygen atoms in total. The van der Waals surface area contributed by atoms with Crippen LogP contribution in [-0.2, 0) is 35.4 Å². The standard InChI is InChI=1S/C14H15NO6/c1-14(8-15)18-12(19-21-14)7-6-10-4-2-3-5-11(10)13-16-9-17-20-13/h2-5,12-13H,6-7,9H2,1H3. The van der Waals surface area contributed by atoms with Crippen molar-refractivity contribution in [2.75, 3.05) is 6.79 Å². The Morgan fingerprint density at radius 2 is 2.19 bits per heavy atom. The van der Waals surface area contributed by atoms with Crippen molar-refractivity contribution in [2.45, 2.75) is 38.1 Å². The van der Waals surface area contributed by atoms with E-state index in [1.807, 2.05) is 30.3 Å². The summed E-state index contributed by atoms with van der Waals surface area (Å²) in [5.41, 5.74) is 1.93. The Morgan fingerprint density at radius 3 is 2.90 bits per heavy atom. The van der Waals surface area contributed by atoms with Crippen LogP contribution in [0, 0.1) is 11.3 Å². The van der Waals surface area contributed by atoms with Crippen LogP contribution in [0.4, 0.5) is 0 Å². The zero-order valence-corrected chi connectivity index (χ0v) is 11.5. The zero-order chi connectivity index (χ0) is 14.7. The Labute approximate surface area is 121 Å². The number of nitriles is 1. The Morgan fingerprint density at radius 1 is 1.33 bits per heavy atom. The van der Waals surface area contributed by atoms with Gasteiger partial charge in [-0.3, -0.25) is 0 Å². The third-order valence-corrected chi connectivity index (χ3v) is 3.26. The van der Waals surface area contributed by atoms with E-state index in [9.17, 15) is 0 Å². The highest BCUT2D eigenvalue weighted by Gasteiger charge is 2.39. The number of nitrogens with zero attached hydrogens (tertiary/aromatic N) is 1. The van der Waals surface area contributed by atoms with Gasteiger partial charge in [-0.05, 0) is 12.0 Å². The van der Waals surface area contributed by atoms with Crippen LogP contribution in [0.15, 0.2) is 24.3 Å². The highest BCUT2D eigenvalue weighted by Crippen LogP contribution is 2.30. The maximum Gasteiger partial charge on any atom is 0.288 e. The molecule has 0 radical (unpaired) electrons. The summed E-state index contributed by atoms with van der Waals surface area (Å²) in [6.07, 6.45) is 0.105. The van der Waals surface area contributed by atoms with Crippen molar-refractivity contribution in [1.29, 1.82) is 5.26 Å². The van der Waals surface area contributed by atoms with E-state index in [0.29, 0.717) is 12.8 Å². The van der Waals surface area contributed by atoms with Crippen molar-refractivity contribution in [3.05, 3.63) is 35.4 Å². The van der Waals surface area contributed by atoms with Crippen molar-refractivity contribution in [1.82, 2.24) is 0 Å². The minimum Gasteiger partial charge on any atom is -0.316 e. The van der Waals surface area contributed by atoms with Gasteiger partial charge in [0.2, 0.25) is 6.29 Å². The predicted molar refractivity (Wildman–Crippen MR) is 66.7 cm³/mol. The SMILES string of the molecule is CC1(C#N)OOC(CCc2ccccc2C2OCOO2)O1. The largest absolute Gasteiger partial charge is 0.316 e. The molecule has 2 aliphatic rings. The van der Waals surface area contributed by atoms with E-state index in [1.54, 1.807) is 0 Å². The van der Waals surface area contributed by atoms with Gasteiger partial charge in [0.25, 0.3) is 5.79 Å². The molecule has 3 rings (SSSR count). The van der Waals surface area contributed by atoms with Crippen LogP contribution >= 0.6 is 0 Å². The van der Waals surface area contributed by atoms with Gasteiger partial charge in [-0.15, -0.1) is 0 Å². The summed E-state index contributed by atoms with van der Waals surface area (Å²) in [6.45, 7) is 1.63. The summed E-state index contributed by atoms with van der Waals surface area (Å²) < 4.78 is 10.7. The lowest BCUT2D eigenvalue weighted by atomic mass is 10.0. The van der Waals surface area contributed by atoms with Gasteiger partial charge in [0.15, 0.2) is 13.1 Å². The molecule has 1 aromatic carbocycles. The van der Waals surface area contributed by atoms with Crippen molar-refractivity contribution < 1.29 is 29.0 Å². The predicted octanol–water partition coefficient (Wildman–Crippen LogP) is 2.10. The van der Waals surface area contributed by atoms with E-state index < -0.39 is 18.4 Å². The number of rotatable bonds is 4. The Hall–Kier alpha value is -1.53. The van der Waals surface area contributed by atoms with Crippen LogP contribution in [0.1, 0.15) is 30.8 Å². The molecule has 0 amide bonds. The first kappa shape index (κ1) is 14.4. The van der Waals surface area contributed by atoms with Crippen LogP contribution in [-0.4, -0.2) is 18.9 Å². The molecule has 0 bridgehead atoms. The molecule has 3 atom stereocenters. The van der Waals surface area contributed by atoms with Crippen molar-refractivity contribution in [2.24, 2.45) is 0 Å². The first-order valence-electron chi connectivity index (χ1n) is 6.61. The molecule has 3 unspecified atom stereocenters. The zero-order valence-electron chi connectivity index (χ0n) is 11.5. The average Bonchev–Trinajstić information content (AvgIpc) is 3.16. The van der Waals surface area contributed by atoms with E-state index in [4.69, 9.17) is 34.3 Å². The van der Waals surface area contributed by atoms with E-state index in [1.165, 1.54) is 6.92 Å². The van der Waals surface area contributed by atoms with E-state index in [0.717, 1.165) is 11.1 Å².